The maximum Gasteiger partial charge on any atom is 0.407 e. The number of alkyl carbamates (subject to hydrolysis) is 1. The average Bonchev–Trinajstić information content (AvgIpc) is 2.25. The van der Waals surface area contributed by atoms with Gasteiger partial charge in [-0.1, -0.05) is 0 Å². The molecule has 0 aromatic rings. The normalized spacial score (nSPS) is 31.9. The van der Waals surface area contributed by atoms with Crippen LogP contribution in [-0.4, -0.2) is 23.5 Å². The number of hydrogen-bond acceptors (Lipinski definition) is 3. The van der Waals surface area contributed by atoms with E-state index >= 15 is 0 Å². The third-order valence-electron chi connectivity index (χ3n) is 4.09. The highest BCUT2D eigenvalue weighted by Crippen LogP contribution is 2.48. The Morgan fingerprint density at radius 3 is 2.28 bits per heavy atom. The zero-order chi connectivity index (χ0) is 13.4. The minimum Gasteiger partial charge on any atom is -0.444 e. The molecule has 2 aliphatic carbocycles. The summed E-state index contributed by atoms with van der Waals surface area (Å²) in [6.07, 6.45) is 5.09. The van der Waals surface area contributed by atoms with E-state index in [0.29, 0.717) is 5.78 Å². The molecule has 1 N–H and O–H groups in total. The third-order valence-corrected chi connectivity index (χ3v) is 4.09. The standard InChI is InChI=1S/C14H23NO3/c1-13(2,3)18-12(17)15-10-4-7-14(8-5-10)9-6-11(14)16/h10H,4-9H2,1-3H3,(H,15,17). The Labute approximate surface area is 108 Å². The second-order valence-electron chi connectivity index (χ2n) is 6.62. The number of carbonyl (C=O) groups is 2. The van der Waals surface area contributed by atoms with Crippen molar-refractivity contribution >= 4 is 11.9 Å². The van der Waals surface area contributed by atoms with E-state index in [9.17, 15) is 9.59 Å². The highest BCUT2D eigenvalue weighted by molar-refractivity contribution is 5.90. The van der Waals surface area contributed by atoms with Gasteiger partial charge in [-0.25, -0.2) is 4.79 Å². The van der Waals surface area contributed by atoms with E-state index in [2.05, 4.69) is 5.32 Å². The van der Waals surface area contributed by atoms with Crippen LogP contribution < -0.4 is 5.32 Å². The van der Waals surface area contributed by atoms with E-state index in [-0.39, 0.29) is 17.6 Å². The van der Waals surface area contributed by atoms with Crippen molar-refractivity contribution < 1.29 is 14.3 Å². The number of amides is 1. The molecule has 0 unspecified atom stereocenters. The van der Waals surface area contributed by atoms with Crippen molar-refractivity contribution in [2.75, 3.05) is 0 Å². The summed E-state index contributed by atoms with van der Waals surface area (Å²) >= 11 is 0. The molecular weight excluding hydrogens is 230 g/mol. The van der Waals surface area contributed by atoms with Crippen molar-refractivity contribution in [2.45, 2.75) is 70.9 Å². The molecule has 4 nitrogen and oxygen atoms in total. The molecule has 102 valence electrons. The van der Waals surface area contributed by atoms with Crippen molar-refractivity contribution in [3.05, 3.63) is 0 Å². The molecule has 4 heteroatoms. The predicted octanol–water partition coefficient (Wildman–Crippen LogP) is 2.80. The van der Waals surface area contributed by atoms with Crippen LogP contribution in [0.5, 0.6) is 0 Å². The fraction of sp³-hybridized carbons (Fsp3) is 0.857. The van der Waals surface area contributed by atoms with Crippen molar-refractivity contribution in [3.63, 3.8) is 0 Å². The van der Waals surface area contributed by atoms with E-state index in [0.717, 1.165) is 38.5 Å². The third kappa shape index (κ3) is 2.85. The Bertz CT molecular complexity index is 349. The van der Waals surface area contributed by atoms with E-state index < -0.39 is 5.60 Å². The highest BCUT2D eigenvalue weighted by Gasteiger charge is 2.47. The monoisotopic (exact) mass is 253 g/mol. The molecule has 0 aromatic carbocycles. The fourth-order valence-electron chi connectivity index (χ4n) is 2.90. The summed E-state index contributed by atoms with van der Waals surface area (Å²) in [5.41, 5.74) is -0.476. The molecule has 2 fully saturated rings. The number of hydrogen-bond donors (Lipinski definition) is 1. The second-order valence-corrected chi connectivity index (χ2v) is 6.62. The van der Waals surface area contributed by atoms with Crippen LogP contribution in [0.1, 0.15) is 59.3 Å². The zero-order valence-corrected chi connectivity index (χ0v) is 11.5. The quantitative estimate of drug-likeness (QED) is 0.781. The van der Waals surface area contributed by atoms with Crippen molar-refractivity contribution in [2.24, 2.45) is 5.41 Å². The van der Waals surface area contributed by atoms with Gasteiger partial charge in [-0.05, 0) is 52.9 Å². The molecule has 0 heterocycles. The number of nitrogens with one attached hydrogen (secondary N) is 1. The summed E-state index contributed by atoms with van der Waals surface area (Å²) < 4.78 is 5.24. The van der Waals surface area contributed by atoms with Crippen molar-refractivity contribution in [1.82, 2.24) is 5.32 Å². The maximum absolute atomic E-state index is 11.6. The molecule has 1 spiro atoms. The molecule has 2 aliphatic rings. The van der Waals surface area contributed by atoms with E-state index in [1.807, 2.05) is 20.8 Å². The van der Waals surface area contributed by atoms with Crippen LogP contribution in [0.15, 0.2) is 0 Å². The Morgan fingerprint density at radius 2 is 1.89 bits per heavy atom. The summed E-state index contributed by atoms with van der Waals surface area (Å²) in [6, 6.07) is 0.166. The molecule has 0 radical (unpaired) electrons. The summed E-state index contributed by atoms with van der Waals surface area (Å²) in [5.74, 6) is 0.429. The predicted molar refractivity (Wildman–Crippen MR) is 68.3 cm³/mol. The van der Waals surface area contributed by atoms with Gasteiger partial charge >= 0.3 is 6.09 Å². The molecule has 0 saturated heterocycles. The lowest BCUT2D eigenvalue weighted by molar-refractivity contribution is -0.141. The lowest BCUT2D eigenvalue weighted by Gasteiger charge is -2.45. The molecule has 18 heavy (non-hydrogen) atoms. The van der Waals surface area contributed by atoms with Crippen molar-refractivity contribution in [3.8, 4) is 0 Å². The highest BCUT2D eigenvalue weighted by atomic mass is 16.6. The van der Waals surface area contributed by atoms with Gasteiger partial charge in [0.05, 0.1) is 0 Å². The lowest BCUT2D eigenvalue weighted by atomic mass is 9.59. The summed E-state index contributed by atoms with van der Waals surface area (Å²) in [6.45, 7) is 5.57. The van der Waals surface area contributed by atoms with E-state index in [1.165, 1.54) is 0 Å². The van der Waals surface area contributed by atoms with Gasteiger partial charge in [0.25, 0.3) is 0 Å². The van der Waals surface area contributed by atoms with E-state index in [4.69, 9.17) is 4.74 Å². The topological polar surface area (TPSA) is 55.4 Å². The van der Waals surface area contributed by atoms with Crippen LogP contribution in [0.25, 0.3) is 0 Å². The first-order chi connectivity index (χ1) is 8.31. The van der Waals surface area contributed by atoms with Gasteiger partial charge in [-0.15, -0.1) is 0 Å². The Morgan fingerprint density at radius 1 is 1.28 bits per heavy atom. The first kappa shape index (κ1) is 13.4. The summed E-state index contributed by atoms with van der Waals surface area (Å²) in [5, 5.41) is 2.90. The number of ketones is 1. The minimum atomic E-state index is -0.454. The first-order valence-corrected chi connectivity index (χ1v) is 6.84. The Hall–Kier alpha value is -1.06. The van der Waals surface area contributed by atoms with Crippen LogP contribution in [0.3, 0.4) is 0 Å². The van der Waals surface area contributed by atoms with Gasteiger partial charge in [0.15, 0.2) is 0 Å². The lowest BCUT2D eigenvalue weighted by Crippen LogP contribution is -2.48. The number of Topliss-reactive ketones (excluding diaryl/α,β-unsaturated/α-hetero) is 1. The summed E-state index contributed by atoms with van der Waals surface area (Å²) in [4.78, 5) is 23.2. The molecule has 1 amide bonds. The average molecular weight is 253 g/mol. The number of rotatable bonds is 1. The molecular formula is C14H23NO3. The zero-order valence-electron chi connectivity index (χ0n) is 11.5. The minimum absolute atomic E-state index is 0.0217. The van der Waals surface area contributed by atoms with Gasteiger partial charge in [0.2, 0.25) is 0 Å². The van der Waals surface area contributed by atoms with Gasteiger partial charge < -0.3 is 10.1 Å². The smallest absolute Gasteiger partial charge is 0.407 e. The van der Waals surface area contributed by atoms with Gasteiger partial charge in [0, 0.05) is 17.9 Å². The van der Waals surface area contributed by atoms with Crippen LogP contribution in [0, 0.1) is 5.41 Å². The number of carbonyl (C=O) groups excluding carboxylic acids is 2. The van der Waals surface area contributed by atoms with Gasteiger partial charge in [-0.2, -0.15) is 0 Å². The van der Waals surface area contributed by atoms with Crippen LogP contribution >= 0.6 is 0 Å². The van der Waals surface area contributed by atoms with Crippen LogP contribution in [0.2, 0.25) is 0 Å². The first-order valence-electron chi connectivity index (χ1n) is 6.84. The molecule has 0 aliphatic heterocycles. The van der Waals surface area contributed by atoms with E-state index in [1.54, 1.807) is 0 Å². The Balaban J connectivity index is 1.77. The van der Waals surface area contributed by atoms with Gasteiger partial charge in [-0.3, -0.25) is 4.79 Å². The van der Waals surface area contributed by atoms with Crippen LogP contribution in [-0.2, 0) is 9.53 Å². The molecule has 0 bridgehead atoms. The molecule has 2 rings (SSSR count). The maximum atomic E-state index is 11.6. The second kappa shape index (κ2) is 4.56. The van der Waals surface area contributed by atoms with Crippen LogP contribution in [0.4, 0.5) is 4.79 Å². The SMILES string of the molecule is CC(C)(C)OC(=O)NC1CCC2(CCC2=O)CC1. The molecule has 0 atom stereocenters. The Kier molecular flexibility index (Phi) is 3.39. The number of ether oxygens (including phenoxy) is 1. The molecule has 2 saturated carbocycles. The summed E-state index contributed by atoms with van der Waals surface area (Å²) in [7, 11) is 0. The molecule has 0 aromatic heterocycles. The largest absolute Gasteiger partial charge is 0.444 e. The van der Waals surface area contributed by atoms with Gasteiger partial charge in [0.1, 0.15) is 11.4 Å². The fourth-order valence-corrected chi connectivity index (χ4v) is 2.90. The van der Waals surface area contributed by atoms with Crippen molar-refractivity contribution in [1.29, 1.82) is 0 Å².